The van der Waals surface area contributed by atoms with E-state index < -0.39 is 16.1 Å². The van der Waals surface area contributed by atoms with Crippen molar-refractivity contribution in [1.82, 2.24) is 0 Å². The third-order valence-corrected chi connectivity index (χ3v) is 4.63. The van der Waals surface area contributed by atoms with Gasteiger partial charge in [0.1, 0.15) is 0 Å². The van der Waals surface area contributed by atoms with Crippen LogP contribution in [0.15, 0.2) is 24.3 Å². The molecule has 11 heavy (non-hydrogen) atoms. The summed E-state index contributed by atoms with van der Waals surface area (Å²) in [7, 11) is 5.80. The molecule has 0 spiro atoms. The van der Waals surface area contributed by atoms with E-state index >= 15 is 0 Å². The Bertz CT molecular complexity index is 210. The molecule has 3 heteroatoms. The molecule has 0 saturated heterocycles. The van der Waals surface area contributed by atoms with Crippen LogP contribution in [0.25, 0.3) is 0 Å². The van der Waals surface area contributed by atoms with Crippen molar-refractivity contribution < 1.29 is 20.9 Å². The summed E-state index contributed by atoms with van der Waals surface area (Å²) in [5.74, 6) is 0.934. The van der Waals surface area contributed by atoms with Gasteiger partial charge in [-0.2, -0.15) is 0 Å². The van der Waals surface area contributed by atoms with Crippen LogP contribution in [0.1, 0.15) is 6.92 Å². The Balaban J connectivity index is 2.66. The van der Waals surface area contributed by atoms with Gasteiger partial charge in [0.15, 0.2) is 0 Å². The Morgan fingerprint density at radius 2 is 2.00 bits per heavy atom. The third-order valence-electron chi connectivity index (χ3n) is 1.39. The topological polar surface area (TPSA) is 9.23 Å². The number of rotatable bonds is 3. The quantitative estimate of drug-likeness (QED) is 0.710. The van der Waals surface area contributed by atoms with Gasteiger partial charge in [0.25, 0.3) is 0 Å². The minimum absolute atomic E-state index is 0.724. The van der Waals surface area contributed by atoms with Crippen molar-refractivity contribution in [2.24, 2.45) is 0 Å². The fourth-order valence-electron chi connectivity index (χ4n) is 0.841. The van der Waals surface area contributed by atoms with Crippen molar-refractivity contribution >= 4 is 13.8 Å². The molecular formula is C8H9ClOZn. The summed E-state index contributed by atoms with van der Waals surface area (Å²) in [4.78, 5) is 0. The first-order chi connectivity index (χ1) is 5.36. The fourth-order valence-corrected chi connectivity index (χ4v) is 2.64. The summed E-state index contributed by atoms with van der Waals surface area (Å²) in [6.07, 6.45) is 0. The van der Waals surface area contributed by atoms with Crippen molar-refractivity contribution in [3.8, 4) is 5.75 Å². The van der Waals surface area contributed by atoms with E-state index in [1.165, 1.54) is 4.16 Å². The molecular weight excluding hydrogens is 213 g/mol. The van der Waals surface area contributed by atoms with Crippen molar-refractivity contribution in [2.75, 3.05) is 6.61 Å². The van der Waals surface area contributed by atoms with E-state index in [0.717, 1.165) is 12.4 Å². The van der Waals surface area contributed by atoms with Gasteiger partial charge in [0, 0.05) is 0 Å². The van der Waals surface area contributed by atoms with Crippen molar-refractivity contribution in [2.45, 2.75) is 6.92 Å². The first kappa shape index (κ1) is 9.02. The zero-order valence-electron chi connectivity index (χ0n) is 6.51. The zero-order chi connectivity index (χ0) is 8.10. The first-order valence-corrected chi connectivity index (χ1v) is 9.02. The average molecular weight is 222 g/mol. The van der Waals surface area contributed by atoms with E-state index in [4.69, 9.17) is 14.4 Å². The molecule has 0 aliphatic heterocycles. The third kappa shape index (κ3) is 2.80. The normalized spacial score (nSPS) is 8.91. The standard InChI is InChI=1S/C8H9O.ClH.Zn/c1-2-9-8-6-4-3-5-7-8;;/h4-7H,2H2,1H3;1H;/q;;+1/p-1. The van der Waals surface area contributed by atoms with Gasteiger partial charge in [-0.3, -0.25) is 0 Å². The molecule has 0 amide bonds. The van der Waals surface area contributed by atoms with E-state index in [1.54, 1.807) is 0 Å². The monoisotopic (exact) mass is 220 g/mol. The molecule has 0 heterocycles. The Labute approximate surface area is 78.3 Å². The van der Waals surface area contributed by atoms with Crippen LogP contribution in [0.3, 0.4) is 0 Å². The molecule has 0 unspecified atom stereocenters. The number of ether oxygens (including phenoxy) is 1. The number of hydrogen-bond donors (Lipinski definition) is 0. The van der Waals surface area contributed by atoms with Crippen LogP contribution >= 0.6 is 9.69 Å². The Morgan fingerprint density at radius 1 is 1.36 bits per heavy atom. The van der Waals surface area contributed by atoms with Crippen LogP contribution in [0, 0.1) is 0 Å². The summed E-state index contributed by atoms with van der Waals surface area (Å²) in [5, 5.41) is 0. The van der Waals surface area contributed by atoms with Gasteiger partial charge in [-0.05, 0) is 0 Å². The summed E-state index contributed by atoms with van der Waals surface area (Å²) in [5.41, 5.74) is 0. The second-order valence-corrected chi connectivity index (χ2v) is 5.87. The summed E-state index contributed by atoms with van der Waals surface area (Å²) >= 11 is -0.901. The summed E-state index contributed by atoms with van der Waals surface area (Å²) in [6.45, 7) is 2.70. The van der Waals surface area contributed by atoms with E-state index in [2.05, 4.69) is 12.1 Å². The summed E-state index contributed by atoms with van der Waals surface area (Å²) in [6, 6.07) is 8.06. The van der Waals surface area contributed by atoms with Gasteiger partial charge in [0.2, 0.25) is 0 Å². The minimum atomic E-state index is -0.901. The molecule has 0 radical (unpaired) electrons. The molecule has 0 aliphatic carbocycles. The predicted octanol–water partition coefficient (Wildman–Crippen LogP) is 1.95. The molecule has 1 nitrogen and oxygen atoms in total. The second-order valence-electron chi connectivity index (χ2n) is 2.21. The average Bonchev–Trinajstić information content (AvgIpc) is 2.07. The summed E-state index contributed by atoms with van der Waals surface area (Å²) < 4.78 is 6.59. The van der Waals surface area contributed by atoms with E-state index in [-0.39, 0.29) is 0 Å². The Morgan fingerprint density at radius 3 is 2.45 bits per heavy atom. The van der Waals surface area contributed by atoms with E-state index in [1.807, 2.05) is 19.1 Å². The number of halogens is 1. The predicted molar refractivity (Wildman–Crippen MR) is 43.1 cm³/mol. The molecule has 1 rings (SSSR count). The molecule has 1 aromatic carbocycles. The Hall–Kier alpha value is -0.0666. The van der Waals surface area contributed by atoms with Crippen molar-refractivity contribution in [1.29, 1.82) is 0 Å². The molecule has 0 saturated carbocycles. The molecule has 0 atom stereocenters. The van der Waals surface area contributed by atoms with Gasteiger partial charge < -0.3 is 0 Å². The zero-order valence-corrected chi connectivity index (χ0v) is 10.2. The molecule has 0 aromatic heterocycles. The SMILES string of the molecule is CCOc1cc[c]([Zn][Cl])cc1. The van der Waals surface area contributed by atoms with Crippen LogP contribution < -0.4 is 8.89 Å². The maximum absolute atomic E-state index is 5.80. The van der Waals surface area contributed by atoms with Crippen molar-refractivity contribution in [3.63, 3.8) is 0 Å². The van der Waals surface area contributed by atoms with Crippen LogP contribution in [-0.4, -0.2) is 6.61 Å². The molecule has 1 aromatic rings. The van der Waals surface area contributed by atoms with Crippen LogP contribution in [-0.2, 0) is 16.1 Å². The van der Waals surface area contributed by atoms with Crippen LogP contribution in [0.4, 0.5) is 0 Å². The van der Waals surface area contributed by atoms with Gasteiger partial charge in [0.05, 0.1) is 0 Å². The van der Waals surface area contributed by atoms with Gasteiger partial charge >= 0.3 is 78.3 Å². The van der Waals surface area contributed by atoms with Gasteiger partial charge in [-0.25, -0.2) is 0 Å². The molecule has 56 valence electrons. The molecule has 0 N–H and O–H groups in total. The van der Waals surface area contributed by atoms with Gasteiger partial charge in [-0.1, -0.05) is 0 Å². The fraction of sp³-hybridized carbons (Fsp3) is 0.250. The van der Waals surface area contributed by atoms with Crippen LogP contribution in [0.5, 0.6) is 5.75 Å². The molecule has 0 bridgehead atoms. The van der Waals surface area contributed by atoms with E-state index in [9.17, 15) is 0 Å². The molecule has 0 fully saturated rings. The Kier molecular flexibility index (Phi) is 3.89. The van der Waals surface area contributed by atoms with Crippen molar-refractivity contribution in [3.05, 3.63) is 24.3 Å². The van der Waals surface area contributed by atoms with Gasteiger partial charge in [-0.15, -0.1) is 0 Å². The maximum atomic E-state index is 5.80. The number of benzene rings is 1. The molecule has 0 aliphatic rings. The van der Waals surface area contributed by atoms with Crippen LogP contribution in [0.2, 0.25) is 0 Å². The van der Waals surface area contributed by atoms with E-state index in [0.29, 0.717) is 0 Å². The number of hydrogen-bond acceptors (Lipinski definition) is 1. The second kappa shape index (κ2) is 4.74. The first-order valence-electron chi connectivity index (χ1n) is 3.64.